The Morgan fingerprint density at radius 1 is 1.33 bits per heavy atom. The predicted octanol–water partition coefficient (Wildman–Crippen LogP) is 2.46. The van der Waals surface area contributed by atoms with Crippen molar-refractivity contribution in [1.29, 1.82) is 0 Å². The highest BCUT2D eigenvalue weighted by Gasteiger charge is 2.14. The smallest absolute Gasteiger partial charge is 0.107 e. The van der Waals surface area contributed by atoms with Gasteiger partial charge in [0.25, 0.3) is 0 Å². The van der Waals surface area contributed by atoms with Crippen molar-refractivity contribution < 1.29 is 9.84 Å². The number of hydrogen-bond acceptors (Lipinski definition) is 3. The molecule has 21 heavy (non-hydrogen) atoms. The Morgan fingerprint density at radius 3 is 2.71 bits per heavy atom. The standard InChI is InChI=1S/C18H27NO2/c1-5-9-21-14-18(20)13-19(11-15(2)3)12-17-8-6-7-16(4)10-17/h1,6-8,10,15,18,20H,9,11-14H2,2-4H3. The van der Waals surface area contributed by atoms with Crippen LogP contribution in [0.25, 0.3) is 0 Å². The molecule has 1 unspecified atom stereocenters. The van der Waals surface area contributed by atoms with E-state index in [1.165, 1.54) is 11.1 Å². The SMILES string of the molecule is C#CCOCC(O)CN(Cc1cccc(C)c1)CC(C)C. The van der Waals surface area contributed by atoms with Crippen LogP contribution in [0.15, 0.2) is 24.3 Å². The first-order valence-corrected chi connectivity index (χ1v) is 7.48. The normalized spacial score (nSPS) is 12.6. The molecule has 0 aliphatic rings. The summed E-state index contributed by atoms with van der Waals surface area (Å²) in [5.41, 5.74) is 2.53. The Balaban J connectivity index is 2.57. The Bertz CT molecular complexity index is 451. The lowest BCUT2D eigenvalue weighted by molar-refractivity contribution is 0.0238. The van der Waals surface area contributed by atoms with Crippen LogP contribution in [0.2, 0.25) is 0 Å². The molecule has 3 heteroatoms. The zero-order valence-corrected chi connectivity index (χ0v) is 13.4. The van der Waals surface area contributed by atoms with Gasteiger partial charge in [-0.1, -0.05) is 49.6 Å². The molecule has 0 saturated carbocycles. The third-order valence-corrected chi connectivity index (χ3v) is 3.08. The average Bonchev–Trinajstić information content (AvgIpc) is 2.38. The summed E-state index contributed by atoms with van der Waals surface area (Å²) in [5, 5.41) is 10.1. The van der Waals surface area contributed by atoms with Gasteiger partial charge in [-0.15, -0.1) is 6.42 Å². The molecule has 0 radical (unpaired) electrons. The third kappa shape index (κ3) is 7.87. The average molecular weight is 289 g/mol. The highest BCUT2D eigenvalue weighted by Crippen LogP contribution is 2.10. The number of aliphatic hydroxyl groups is 1. The first-order chi connectivity index (χ1) is 10.0. The quantitative estimate of drug-likeness (QED) is 0.560. The summed E-state index contributed by atoms with van der Waals surface area (Å²) in [7, 11) is 0. The fourth-order valence-corrected chi connectivity index (χ4v) is 2.39. The molecule has 1 N–H and O–H groups in total. The lowest BCUT2D eigenvalue weighted by Gasteiger charge is -2.26. The van der Waals surface area contributed by atoms with E-state index in [1.807, 2.05) is 0 Å². The van der Waals surface area contributed by atoms with E-state index in [4.69, 9.17) is 11.2 Å². The first kappa shape index (κ1) is 17.7. The highest BCUT2D eigenvalue weighted by atomic mass is 16.5. The second-order valence-corrected chi connectivity index (χ2v) is 5.95. The Morgan fingerprint density at radius 2 is 2.10 bits per heavy atom. The molecule has 0 bridgehead atoms. The van der Waals surface area contributed by atoms with Crippen molar-refractivity contribution in [2.24, 2.45) is 5.92 Å². The highest BCUT2D eigenvalue weighted by molar-refractivity contribution is 5.22. The van der Waals surface area contributed by atoms with Crippen molar-refractivity contribution in [2.45, 2.75) is 33.4 Å². The van der Waals surface area contributed by atoms with E-state index in [1.54, 1.807) is 0 Å². The van der Waals surface area contributed by atoms with Crippen molar-refractivity contribution in [3.8, 4) is 12.3 Å². The fourth-order valence-electron chi connectivity index (χ4n) is 2.39. The minimum atomic E-state index is -0.512. The second kappa shape index (κ2) is 9.57. The van der Waals surface area contributed by atoms with Crippen molar-refractivity contribution >= 4 is 0 Å². The molecular formula is C18H27NO2. The molecule has 0 aliphatic heterocycles. The minimum Gasteiger partial charge on any atom is -0.389 e. The zero-order valence-electron chi connectivity index (χ0n) is 13.4. The van der Waals surface area contributed by atoms with E-state index in [0.29, 0.717) is 12.5 Å². The molecule has 0 aliphatic carbocycles. The van der Waals surface area contributed by atoms with Gasteiger partial charge in [-0.3, -0.25) is 4.90 Å². The van der Waals surface area contributed by atoms with Gasteiger partial charge in [0.2, 0.25) is 0 Å². The van der Waals surface area contributed by atoms with Crippen molar-refractivity contribution in [1.82, 2.24) is 4.90 Å². The Kier molecular flexibility index (Phi) is 8.07. The maximum atomic E-state index is 10.1. The molecule has 0 heterocycles. The molecule has 1 aromatic rings. The van der Waals surface area contributed by atoms with Gasteiger partial charge in [-0.05, 0) is 18.4 Å². The van der Waals surface area contributed by atoms with Crippen LogP contribution in [-0.2, 0) is 11.3 Å². The van der Waals surface area contributed by atoms with Gasteiger partial charge >= 0.3 is 0 Å². The largest absolute Gasteiger partial charge is 0.389 e. The molecular weight excluding hydrogens is 262 g/mol. The zero-order chi connectivity index (χ0) is 15.7. The van der Waals surface area contributed by atoms with Crippen molar-refractivity contribution in [3.63, 3.8) is 0 Å². The van der Waals surface area contributed by atoms with E-state index in [9.17, 15) is 5.11 Å². The van der Waals surface area contributed by atoms with E-state index < -0.39 is 6.10 Å². The fraction of sp³-hybridized carbons (Fsp3) is 0.556. The van der Waals surface area contributed by atoms with Crippen LogP contribution in [-0.4, -0.2) is 42.4 Å². The van der Waals surface area contributed by atoms with Gasteiger partial charge in [0.15, 0.2) is 0 Å². The van der Waals surface area contributed by atoms with Gasteiger partial charge < -0.3 is 9.84 Å². The van der Waals surface area contributed by atoms with Crippen LogP contribution in [0.5, 0.6) is 0 Å². The lowest BCUT2D eigenvalue weighted by atomic mass is 10.1. The molecule has 0 amide bonds. The number of nitrogens with zero attached hydrogens (tertiary/aromatic N) is 1. The molecule has 0 aromatic heterocycles. The molecule has 1 rings (SSSR count). The predicted molar refractivity (Wildman–Crippen MR) is 87.0 cm³/mol. The molecule has 0 spiro atoms. The lowest BCUT2D eigenvalue weighted by Crippen LogP contribution is -2.36. The molecule has 1 atom stereocenters. The Hall–Kier alpha value is -1.34. The van der Waals surface area contributed by atoms with Gasteiger partial charge in [-0.25, -0.2) is 0 Å². The summed E-state index contributed by atoms with van der Waals surface area (Å²) >= 11 is 0. The molecule has 3 nitrogen and oxygen atoms in total. The molecule has 0 fully saturated rings. The van der Waals surface area contributed by atoms with E-state index in [2.05, 4.69) is 55.9 Å². The summed E-state index contributed by atoms with van der Waals surface area (Å²) in [6.07, 6.45) is 4.62. The third-order valence-electron chi connectivity index (χ3n) is 3.08. The van der Waals surface area contributed by atoms with E-state index in [-0.39, 0.29) is 13.2 Å². The van der Waals surface area contributed by atoms with Crippen molar-refractivity contribution in [2.75, 3.05) is 26.3 Å². The van der Waals surface area contributed by atoms with Gasteiger partial charge in [-0.2, -0.15) is 0 Å². The maximum Gasteiger partial charge on any atom is 0.107 e. The van der Waals surface area contributed by atoms with E-state index in [0.717, 1.165) is 13.1 Å². The number of ether oxygens (including phenoxy) is 1. The summed E-state index contributed by atoms with van der Waals surface area (Å²) in [5.74, 6) is 2.96. The molecule has 116 valence electrons. The van der Waals surface area contributed by atoms with Gasteiger partial charge in [0, 0.05) is 19.6 Å². The summed E-state index contributed by atoms with van der Waals surface area (Å²) < 4.78 is 5.21. The number of rotatable bonds is 9. The number of aryl methyl sites for hydroxylation is 1. The molecule has 1 aromatic carbocycles. The molecule has 0 saturated heterocycles. The number of benzene rings is 1. The van der Waals surface area contributed by atoms with Crippen LogP contribution < -0.4 is 0 Å². The van der Waals surface area contributed by atoms with Gasteiger partial charge in [0.05, 0.1) is 12.7 Å². The van der Waals surface area contributed by atoms with Crippen LogP contribution in [0.4, 0.5) is 0 Å². The van der Waals surface area contributed by atoms with Crippen LogP contribution >= 0.6 is 0 Å². The number of terminal acetylenes is 1. The number of hydrogen-bond donors (Lipinski definition) is 1. The Labute approximate surface area is 128 Å². The number of aliphatic hydroxyl groups excluding tert-OH is 1. The van der Waals surface area contributed by atoms with Crippen LogP contribution in [0, 0.1) is 25.2 Å². The summed E-state index contributed by atoms with van der Waals surface area (Å²) in [6.45, 7) is 9.38. The van der Waals surface area contributed by atoms with Crippen LogP contribution in [0.3, 0.4) is 0 Å². The van der Waals surface area contributed by atoms with Crippen LogP contribution in [0.1, 0.15) is 25.0 Å². The van der Waals surface area contributed by atoms with E-state index >= 15 is 0 Å². The second-order valence-electron chi connectivity index (χ2n) is 5.95. The minimum absolute atomic E-state index is 0.249. The summed E-state index contributed by atoms with van der Waals surface area (Å²) in [4.78, 5) is 2.27. The monoisotopic (exact) mass is 289 g/mol. The topological polar surface area (TPSA) is 32.7 Å². The summed E-state index contributed by atoms with van der Waals surface area (Å²) in [6, 6.07) is 8.49. The van der Waals surface area contributed by atoms with Gasteiger partial charge in [0.1, 0.15) is 6.61 Å². The first-order valence-electron chi connectivity index (χ1n) is 7.48. The maximum absolute atomic E-state index is 10.1. The van der Waals surface area contributed by atoms with Crippen molar-refractivity contribution in [3.05, 3.63) is 35.4 Å².